The monoisotopic (exact) mass is 603 g/mol. The van der Waals surface area contributed by atoms with Crippen LogP contribution in [0.3, 0.4) is 0 Å². The maximum Gasteiger partial charge on any atom is 0.211 e. The lowest BCUT2D eigenvalue weighted by Crippen LogP contribution is -2.18. The summed E-state index contributed by atoms with van der Waals surface area (Å²) >= 11 is 0. The summed E-state index contributed by atoms with van der Waals surface area (Å²) < 4.78 is 11.6. The van der Waals surface area contributed by atoms with Crippen molar-refractivity contribution in [1.29, 1.82) is 5.26 Å². The Labute approximate surface area is 267 Å². The van der Waals surface area contributed by atoms with Crippen LogP contribution in [0, 0.1) is 11.3 Å². The molecule has 0 aliphatic carbocycles. The number of benzene rings is 5. The summed E-state index contributed by atoms with van der Waals surface area (Å²) in [5.41, 5.74) is 12.2. The first-order chi connectivity index (χ1) is 22.1. The first-order valence-electron chi connectivity index (χ1n) is 14.7. The quantitative estimate of drug-likeness (QED) is 0.0570. The molecule has 0 atom stereocenters. The summed E-state index contributed by atoms with van der Waals surface area (Å²) in [5.74, 6) is 0.515. The maximum atomic E-state index is 10.6. The van der Waals surface area contributed by atoms with Crippen LogP contribution in [0.15, 0.2) is 174 Å². The van der Waals surface area contributed by atoms with Crippen molar-refractivity contribution in [3.05, 3.63) is 180 Å². The number of hydrogen-bond donors (Lipinski definition) is 1. The molecule has 45 heavy (non-hydrogen) atoms. The fraction of sp³-hybridized carbons (Fsp3) is 0.0500. The predicted molar refractivity (Wildman–Crippen MR) is 190 cm³/mol. The Morgan fingerprint density at radius 3 is 1.80 bits per heavy atom. The second-order valence-electron chi connectivity index (χ2n) is 10.1. The minimum atomic E-state index is -1.22. The van der Waals surface area contributed by atoms with E-state index in [1.54, 1.807) is 0 Å². The number of nitriles is 1. The van der Waals surface area contributed by atoms with E-state index >= 15 is 0 Å². The van der Waals surface area contributed by atoms with Gasteiger partial charge in [0.15, 0.2) is 0 Å². The number of nitrogens with zero attached hydrogens (tertiary/aromatic N) is 2. The van der Waals surface area contributed by atoms with Crippen molar-refractivity contribution in [2.45, 2.75) is 13.8 Å². The molecule has 0 bridgehead atoms. The Kier molecular flexibility index (Phi) is 10.5. The second kappa shape index (κ2) is 15.3. The Hall–Kier alpha value is -5.49. The molecule has 0 saturated carbocycles. The van der Waals surface area contributed by atoms with Gasteiger partial charge in [-0.1, -0.05) is 140 Å². The van der Waals surface area contributed by atoms with E-state index < -0.39 is 8.07 Å². The fourth-order valence-corrected chi connectivity index (χ4v) is 6.77. The molecule has 4 nitrogen and oxygen atoms in total. The summed E-state index contributed by atoms with van der Waals surface area (Å²) in [6.45, 7) is 4.00. The molecule has 0 aliphatic heterocycles. The van der Waals surface area contributed by atoms with E-state index in [2.05, 4.69) is 60.7 Å². The molecule has 0 fully saturated rings. The van der Waals surface area contributed by atoms with Gasteiger partial charge >= 0.3 is 0 Å². The van der Waals surface area contributed by atoms with Gasteiger partial charge in [-0.3, -0.25) is 0 Å². The standard InChI is InChI=1S/C40H34N3OP/c1-3-17-30(4-2)33-26-34(31-18-9-5-10-19-31)28-35(27-33)44-40(42)38(29-41)39(32-20-11-6-12-21-32)43-45(36-22-13-7-14-23-36)37-24-15-8-16-25-37/h3-28H,42H2,1-2H3/b17-3-,30-4+,40-38+,43-39-. The first kappa shape index (κ1) is 31.0. The summed E-state index contributed by atoms with van der Waals surface area (Å²) in [4.78, 5) is 0. The molecule has 0 heterocycles. The maximum absolute atomic E-state index is 10.6. The van der Waals surface area contributed by atoms with Gasteiger partial charge in [0.2, 0.25) is 5.88 Å². The Bertz CT molecular complexity index is 1850. The zero-order valence-corrected chi connectivity index (χ0v) is 26.2. The molecule has 0 spiro atoms. The zero-order valence-electron chi connectivity index (χ0n) is 25.3. The molecular weight excluding hydrogens is 569 g/mol. The molecule has 0 aromatic heterocycles. The molecule has 0 radical (unpaired) electrons. The van der Waals surface area contributed by atoms with E-state index in [-0.39, 0.29) is 11.5 Å². The molecule has 220 valence electrons. The van der Waals surface area contributed by atoms with Crippen LogP contribution in [0.1, 0.15) is 25.0 Å². The lowest BCUT2D eigenvalue weighted by atomic mass is 9.98. The van der Waals surface area contributed by atoms with Crippen molar-refractivity contribution in [3.8, 4) is 22.9 Å². The third-order valence-electron chi connectivity index (χ3n) is 7.08. The largest absolute Gasteiger partial charge is 0.440 e. The van der Waals surface area contributed by atoms with Crippen LogP contribution in [0.25, 0.3) is 16.7 Å². The molecule has 5 aromatic carbocycles. The summed E-state index contributed by atoms with van der Waals surface area (Å²) in [6.07, 6.45) is 6.13. The average molecular weight is 604 g/mol. The van der Waals surface area contributed by atoms with Crippen LogP contribution in [-0.2, 0) is 0 Å². The zero-order chi connectivity index (χ0) is 31.4. The highest BCUT2D eigenvalue weighted by Crippen LogP contribution is 2.37. The Morgan fingerprint density at radius 1 is 0.711 bits per heavy atom. The van der Waals surface area contributed by atoms with Crippen LogP contribution < -0.4 is 21.1 Å². The van der Waals surface area contributed by atoms with E-state index in [0.717, 1.165) is 38.4 Å². The number of ether oxygens (including phenoxy) is 1. The lowest BCUT2D eigenvalue weighted by molar-refractivity contribution is 0.418. The van der Waals surface area contributed by atoms with Gasteiger partial charge in [-0.25, -0.2) is 4.76 Å². The van der Waals surface area contributed by atoms with Crippen molar-refractivity contribution in [2.75, 3.05) is 0 Å². The van der Waals surface area contributed by atoms with Gasteiger partial charge in [0.1, 0.15) is 17.4 Å². The highest BCUT2D eigenvalue weighted by atomic mass is 31.1. The van der Waals surface area contributed by atoms with E-state index in [4.69, 9.17) is 15.2 Å². The van der Waals surface area contributed by atoms with E-state index in [9.17, 15) is 5.26 Å². The second-order valence-corrected chi connectivity index (χ2v) is 12.0. The van der Waals surface area contributed by atoms with Crippen LogP contribution >= 0.6 is 8.07 Å². The van der Waals surface area contributed by atoms with Gasteiger partial charge in [0.05, 0.1) is 13.8 Å². The van der Waals surface area contributed by atoms with Gasteiger partial charge in [-0.2, -0.15) is 5.26 Å². The molecule has 0 aliphatic rings. The van der Waals surface area contributed by atoms with Crippen molar-refractivity contribution >= 4 is 30.0 Å². The number of rotatable bonds is 10. The molecule has 5 heteroatoms. The van der Waals surface area contributed by atoms with Crippen LogP contribution in [-0.4, -0.2) is 5.71 Å². The average Bonchev–Trinajstić information content (AvgIpc) is 3.10. The molecular formula is C40H34N3OP. The molecule has 0 unspecified atom stereocenters. The van der Waals surface area contributed by atoms with Crippen LogP contribution in [0.5, 0.6) is 5.75 Å². The highest BCUT2D eigenvalue weighted by molar-refractivity contribution is 7.72. The molecule has 0 saturated heterocycles. The van der Waals surface area contributed by atoms with E-state index in [1.807, 2.05) is 117 Å². The summed E-state index contributed by atoms with van der Waals surface area (Å²) in [5, 5.41) is 12.7. The Balaban J connectivity index is 1.66. The van der Waals surface area contributed by atoms with Gasteiger partial charge in [0.25, 0.3) is 0 Å². The summed E-state index contributed by atoms with van der Waals surface area (Å²) in [7, 11) is -1.22. The number of allylic oxidation sites excluding steroid dienone is 5. The fourth-order valence-electron chi connectivity index (χ4n) is 4.91. The van der Waals surface area contributed by atoms with Crippen molar-refractivity contribution < 1.29 is 4.74 Å². The molecule has 2 N–H and O–H groups in total. The van der Waals surface area contributed by atoms with E-state index in [1.165, 1.54) is 0 Å². The summed E-state index contributed by atoms with van der Waals surface area (Å²) in [6, 6.07) is 48.5. The minimum Gasteiger partial charge on any atom is -0.440 e. The molecule has 0 amide bonds. The number of hydrogen-bond acceptors (Lipinski definition) is 4. The van der Waals surface area contributed by atoms with Gasteiger partial charge in [0, 0.05) is 16.2 Å². The van der Waals surface area contributed by atoms with E-state index in [0.29, 0.717) is 11.5 Å². The van der Waals surface area contributed by atoms with Crippen molar-refractivity contribution in [2.24, 2.45) is 10.5 Å². The molecule has 5 aromatic rings. The van der Waals surface area contributed by atoms with Crippen LogP contribution in [0.2, 0.25) is 0 Å². The lowest BCUT2D eigenvalue weighted by Gasteiger charge is -2.18. The van der Waals surface area contributed by atoms with Gasteiger partial charge < -0.3 is 10.5 Å². The minimum absolute atomic E-state index is 0.0135. The third kappa shape index (κ3) is 7.73. The SMILES string of the molecule is C/C=C\C(=C/C)c1cc(O/C(N)=C(C#N)/C(=N\P(c2ccccc2)c2ccccc2)c2ccccc2)cc(-c2ccccc2)c1. The van der Waals surface area contributed by atoms with Gasteiger partial charge in [-0.05, 0) is 54.3 Å². The van der Waals surface area contributed by atoms with Crippen LogP contribution in [0.4, 0.5) is 0 Å². The first-order valence-corrected chi connectivity index (χ1v) is 16.0. The Morgan fingerprint density at radius 2 is 1.27 bits per heavy atom. The third-order valence-corrected chi connectivity index (χ3v) is 9.05. The number of nitrogens with two attached hydrogens (primary N) is 1. The topological polar surface area (TPSA) is 71.4 Å². The highest BCUT2D eigenvalue weighted by Gasteiger charge is 2.21. The molecule has 5 rings (SSSR count). The predicted octanol–water partition coefficient (Wildman–Crippen LogP) is 8.94. The normalized spacial score (nSPS) is 12.6. The smallest absolute Gasteiger partial charge is 0.211 e. The van der Waals surface area contributed by atoms with Gasteiger partial charge in [-0.15, -0.1) is 0 Å². The van der Waals surface area contributed by atoms with Crippen molar-refractivity contribution in [1.82, 2.24) is 0 Å². The van der Waals surface area contributed by atoms with Crippen molar-refractivity contribution in [3.63, 3.8) is 0 Å².